The van der Waals surface area contributed by atoms with Crippen LogP contribution in [-0.2, 0) is 13.6 Å². The number of aromatic nitrogens is 3. The van der Waals surface area contributed by atoms with Crippen LogP contribution in [0.15, 0.2) is 6.33 Å². The van der Waals surface area contributed by atoms with Crippen LogP contribution in [-0.4, -0.2) is 46.3 Å². The summed E-state index contributed by atoms with van der Waals surface area (Å²) >= 11 is 0. The van der Waals surface area contributed by atoms with Crippen LogP contribution >= 0.6 is 0 Å². The first kappa shape index (κ1) is 12.5. The first-order chi connectivity index (χ1) is 8.09. The highest BCUT2D eigenvalue weighted by atomic mass is 15.3. The summed E-state index contributed by atoms with van der Waals surface area (Å²) in [5, 5.41) is 7.58. The summed E-state index contributed by atoms with van der Waals surface area (Å²) < 4.78 is 1.82. The van der Waals surface area contributed by atoms with Crippen LogP contribution in [0.5, 0.6) is 0 Å². The van der Waals surface area contributed by atoms with Gasteiger partial charge in [0.05, 0.1) is 6.54 Å². The van der Waals surface area contributed by atoms with Crippen LogP contribution in [0.2, 0.25) is 0 Å². The Morgan fingerprint density at radius 3 is 2.65 bits per heavy atom. The average molecular weight is 237 g/mol. The van der Waals surface area contributed by atoms with Gasteiger partial charge in [-0.1, -0.05) is 6.92 Å². The van der Waals surface area contributed by atoms with Gasteiger partial charge >= 0.3 is 0 Å². The number of rotatable bonds is 4. The van der Waals surface area contributed by atoms with Crippen molar-refractivity contribution >= 4 is 0 Å². The zero-order valence-electron chi connectivity index (χ0n) is 11.1. The summed E-state index contributed by atoms with van der Waals surface area (Å²) in [5.41, 5.74) is 0.436. The highest BCUT2D eigenvalue weighted by Gasteiger charge is 2.28. The molecule has 1 aliphatic rings. The maximum absolute atomic E-state index is 4.21. The normalized spacial score (nSPS) is 20.6. The monoisotopic (exact) mass is 237 g/mol. The SMILES string of the molecule is CN1CCC(C)(CNCc2ncnn2C)CC1. The first-order valence-electron chi connectivity index (χ1n) is 6.31. The van der Waals surface area contributed by atoms with E-state index in [4.69, 9.17) is 0 Å². The van der Waals surface area contributed by atoms with E-state index in [-0.39, 0.29) is 0 Å². The molecule has 0 atom stereocenters. The second-order valence-corrected chi connectivity index (χ2v) is 5.52. The number of hydrogen-bond donors (Lipinski definition) is 1. The van der Waals surface area contributed by atoms with Crippen LogP contribution in [0.3, 0.4) is 0 Å². The van der Waals surface area contributed by atoms with E-state index in [0.29, 0.717) is 5.41 Å². The molecule has 2 heterocycles. The van der Waals surface area contributed by atoms with E-state index in [0.717, 1.165) is 18.9 Å². The Morgan fingerprint density at radius 2 is 2.06 bits per heavy atom. The van der Waals surface area contributed by atoms with Crippen LogP contribution in [0, 0.1) is 5.41 Å². The Kier molecular flexibility index (Phi) is 3.79. The minimum absolute atomic E-state index is 0.436. The van der Waals surface area contributed by atoms with E-state index in [1.54, 1.807) is 6.33 Å². The smallest absolute Gasteiger partial charge is 0.140 e. The van der Waals surface area contributed by atoms with Gasteiger partial charge in [-0.15, -0.1) is 0 Å². The van der Waals surface area contributed by atoms with Gasteiger partial charge in [0.2, 0.25) is 0 Å². The molecule has 0 amide bonds. The molecule has 1 aromatic rings. The number of nitrogens with one attached hydrogen (secondary N) is 1. The zero-order valence-corrected chi connectivity index (χ0v) is 11.1. The summed E-state index contributed by atoms with van der Waals surface area (Å²) in [5.74, 6) is 1.00. The predicted molar refractivity (Wildman–Crippen MR) is 67.5 cm³/mol. The molecule has 0 radical (unpaired) electrons. The van der Waals surface area contributed by atoms with Crippen LogP contribution in [0.25, 0.3) is 0 Å². The molecular weight excluding hydrogens is 214 g/mol. The maximum Gasteiger partial charge on any atom is 0.140 e. The van der Waals surface area contributed by atoms with Gasteiger partial charge in [-0.2, -0.15) is 5.10 Å². The van der Waals surface area contributed by atoms with E-state index in [1.807, 2.05) is 11.7 Å². The summed E-state index contributed by atoms with van der Waals surface area (Å²) in [4.78, 5) is 6.62. The Bertz CT molecular complexity index is 352. The molecule has 5 nitrogen and oxygen atoms in total. The Hall–Kier alpha value is -0.940. The molecule has 0 aromatic carbocycles. The van der Waals surface area contributed by atoms with Gasteiger partial charge in [0.25, 0.3) is 0 Å². The fraction of sp³-hybridized carbons (Fsp3) is 0.833. The van der Waals surface area contributed by atoms with Gasteiger partial charge in [-0.3, -0.25) is 4.68 Å². The first-order valence-corrected chi connectivity index (χ1v) is 6.31. The van der Waals surface area contributed by atoms with Crippen LogP contribution in [0.4, 0.5) is 0 Å². The van der Waals surface area contributed by atoms with E-state index < -0.39 is 0 Å². The van der Waals surface area contributed by atoms with Crippen molar-refractivity contribution in [2.75, 3.05) is 26.7 Å². The van der Waals surface area contributed by atoms with E-state index in [9.17, 15) is 0 Å². The molecule has 0 bridgehead atoms. The van der Waals surface area contributed by atoms with Crippen molar-refractivity contribution in [3.8, 4) is 0 Å². The molecule has 17 heavy (non-hydrogen) atoms. The predicted octanol–water partition coefficient (Wildman–Crippen LogP) is 0.637. The van der Waals surface area contributed by atoms with Crippen LogP contribution < -0.4 is 5.32 Å². The van der Waals surface area contributed by atoms with Crippen molar-refractivity contribution in [2.45, 2.75) is 26.3 Å². The van der Waals surface area contributed by atoms with Gasteiger partial charge in [-0.05, 0) is 38.4 Å². The molecule has 5 heteroatoms. The standard InChI is InChI=1S/C12H23N5/c1-12(4-6-16(2)7-5-12)9-13-8-11-14-10-15-17(11)3/h10,13H,4-9H2,1-3H3. The molecular formula is C12H23N5. The van der Waals surface area contributed by atoms with E-state index >= 15 is 0 Å². The molecule has 96 valence electrons. The fourth-order valence-electron chi connectivity index (χ4n) is 2.29. The van der Waals surface area contributed by atoms with Gasteiger partial charge in [0.1, 0.15) is 12.2 Å². The number of hydrogen-bond acceptors (Lipinski definition) is 4. The van der Waals surface area contributed by atoms with E-state index in [1.165, 1.54) is 25.9 Å². The zero-order chi connectivity index (χ0) is 12.3. The topological polar surface area (TPSA) is 46.0 Å². The molecule has 1 N–H and O–H groups in total. The van der Waals surface area contributed by atoms with Crippen molar-refractivity contribution in [1.29, 1.82) is 0 Å². The lowest BCUT2D eigenvalue weighted by molar-refractivity contribution is 0.136. The average Bonchev–Trinajstić information content (AvgIpc) is 2.70. The second kappa shape index (κ2) is 5.14. The minimum Gasteiger partial charge on any atom is -0.309 e. The lowest BCUT2D eigenvalue weighted by Gasteiger charge is -2.38. The Balaban J connectivity index is 1.76. The summed E-state index contributed by atoms with van der Waals surface area (Å²) in [6, 6.07) is 0. The fourth-order valence-corrected chi connectivity index (χ4v) is 2.29. The molecule has 0 spiro atoms. The van der Waals surface area contributed by atoms with Crippen molar-refractivity contribution in [2.24, 2.45) is 12.5 Å². The third kappa shape index (κ3) is 3.26. The molecule has 1 fully saturated rings. The lowest BCUT2D eigenvalue weighted by atomic mass is 9.80. The van der Waals surface area contributed by atoms with Gasteiger partial charge < -0.3 is 10.2 Å². The molecule has 0 saturated carbocycles. The van der Waals surface area contributed by atoms with Crippen molar-refractivity contribution in [3.05, 3.63) is 12.2 Å². The maximum atomic E-state index is 4.21. The molecule has 0 aliphatic carbocycles. The number of likely N-dealkylation sites (tertiary alicyclic amines) is 1. The van der Waals surface area contributed by atoms with E-state index in [2.05, 4.69) is 34.3 Å². The quantitative estimate of drug-likeness (QED) is 0.834. The minimum atomic E-state index is 0.436. The third-order valence-electron chi connectivity index (χ3n) is 3.83. The second-order valence-electron chi connectivity index (χ2n) is 5.52. The van der Waals surface area contributed by atoms with Crippen molar-refractivity contribution in [3.63, 3.8) is 0 Å². The van der Waals surface area contributed by atoms with Gasteiger partial charge in [0.15, 0.2) is 0 Å². The Morgan fingerprint density at radius 1 is 1.35 bits per heavy atom. The number of nitrogens with zero attached hydrogens (tertiary/aromatic N) is 4. The third-order valence-corrected chi connectivity index (χ3v) is 3.83. The molecule has 1 aliphatic heterocycles. The van der Waals surface area contributed by atoms with Gasteiger partial charge in [-0.25, -0.2) is 4.98 Å². The molecule has 1 saturated heterocycles. The molecule has 0 unspecified atom stereocenters. The molecule has 1 aromatic heterocycles. The summed E-state index contributed by atoms with van der Waals surface area (Å²) in [6.45, 7) is 6.67. The summed E-state index contributed by atoms with van der Waals surface area (Å²) in [7, 11) is 4.13. The number of aryl methyl sites for hydroxylation is 1. The van der Waals surface area contributed by atoms with Gasteiger partial charge in [0, 0.05) is 13.6 Å². The number of piperidine rings is 1. The lowest BCUT2D eigenvalue weighted by Crippen LogP contribution is -2.42. The largest absolute Gasteiger partial charge is 0.309 e. The van der Waals surface area contributed by atoms with Crippen molar-refractivity contribution in [1.82, 2.24) is 25.0 Å². The summed E-state index contributed by atoms with van der Waals surface area (Å²) in [6.07, 6.45) is 4.15. The van der Waals surface area contributed by atoms with Crippen LogP contribution in [0.1, 0.15) is 25.6 Å². The highest BCUT2D eigenvalue weighted by molar-refractivity contribution is 4.86. The Labute approximate surface area is 103 Å². The highest BCUT2D eigenvalue weighted by Crippen LogP contribution is 2.29. The molecule has 2 rings (SSSR count). The van der Waals surface area contributed by atoms with Crippen molar-refractivity contribution < 1.29 is 0 Å².